The monoisotopic (exact) mass is 440 g/mol. The molecule has 0 aromatic carbocycles. The number of nitrogens with zero attached hydrogens (tertiary/aromatic N) is 1. The van der Waals surface area contributed by atoms with Crippen molar-refractivity contribution in [3.63, 3.8) is 0 Å². The summed E-state index contributed by atoms with van der Waals surface area (Å²) in [5.41, 5.74) is 1.70. The summed E-state index contributed by atoms with van der Waals surface area (Å²) in [7, 11) is 0. The Morgan fingerprint density at radius 3 is 2.36 bits per heavy atom. The average Bonchev–Trinajstić information content (AvgIpc) is 2.93. The van der Waals surface area contributed by atoms with Crippen LogP contribution in [0.3, 0.4) is 0 Å². The summed E-state index contributed by atoms with van der Waals surface area (Å²) in [5.74, 6) is -0.414. The molecule has 0 bridgehead atoms. The van der Waals surface area contributed by atoms with Gasteiger partial charge in [-0.15, -0.1) is 0 Å². The molecule has 1 rings (SSSR count). The molecule has 0 fully saturated rings. The first kappa shape index (κ1) is 19.6. The number of aliphatic hydroxyl groups is 2. The molecular formula is C14H22Br2N2O4. The maximum Gasteiger partial charge on any atom is 0.341 e. The number of alkyl halides is 2. The Hall–Kier alpha value is -0.440. The Balaban J connectivity index is 2.86. The van der Waals surface area contributed by atoms with Crippen molar-refractivity contribution in [2.24, 2.45) is 0 Å². The molecule has 0 aliphatic carbocycles. The number of hydrogen-bond acceptors (Lipinski definition) is 5. The summed E-state index contributed by atoms with van der Waals surface area (Å²) in [6, 6.07) is 0. The quantitative estimate of drug-likeness (QED) is 0.381. The number of aliphatic hydroxyl groups excluding tert-OH is 2. The lowest BCUT2D eigenvalue weighted by Gasteiger charge is -2.09. The molecule has 0 amide bonds. The second kappa shape index (κ2) is 10.4. The van der Waals surface area contributed by atoms with Gasteiger partial charge in [0.1, 0.15) is 5.56 Å². The van der Waals surface area contributed by atoms with Crippen molar-refractivity contribution in [2.75, 3.05) is 17.3 Å². The molecule has 0 radical (unpaired) electrons. The molecule has 3 N–H and O–H groups in total. The highest BCUT2D eigenvalue weighted by Crippen LogP contribution is 2.18. The van der Waals surface area contributed by atoms with E-state index in [-0.39, 0.29) is 6.61 Å². The number of aryl methyl sites for hydroxylation is 2. The molecular weight excluding hydrogens is 420 g/mol. The molecule has 8 heteroatoms. The van der Waals surface area contributed by atoms with Gasteiger partial charge >= 0.3 is 5.97 Å². The molecule has 0 saturated heterocycles. The maximum absolute atomic E-state index is 12.2. The zero-order valence-corrected chi connectivity index (χ0v) is 15.7. The van der Waals surface area contributed by atoms with Gasteiger partial charge in [0.15, 0.2) is 0 Å². The highest BCUT2D eigenvalue weighted by atomic mass is 79.9. The topological polar surface area (TPSA) is 95.4 Å². The van der Waals surface area contributed by atoms with Crippen LogP contribution in [0.1, 0.15) is 41.5 Å². The zero-order chi connectivity index (χ0) is 16.5. The van der Waals surface area contributed by atoms with E-state index in [4.69, 9.17) is 4.74 Å². The van der Waals surface area contributed by atoms with E-state index < -0.39 is 18.2 Å². The highest BCUT2D eigenvalue weighted by molar-refractivity contribution is 9.09. The van der Waals surface area contributed by atoms with Gasteiger partial charge in [-0.05, 0) is 32.6 Å². The third kappa shape index (κ3) is 5.98. The molecule has 6 nitrogen and oxygen atoms in total. The largest absolute Gasteiger partial charge is 0.462 e. The summed E-state index contributed by atoms with van der Waals surface area (Å²) in [5, 5.41) is 27.3. The van der Waals surface area contributed by atoms with Crippen LogP contribution in [0.25, 0.3) is 0 Å². The van der Waals surface area contributed by atoms with Gasteiger partial charge in [0.05, 0.1) is 30.2 Å². The van der Waals surface area contributed by atoms with Crippen molar-refractivity contribution in [3.8, 4) is 0 Å². The second-order valence-electron chi connectivity index (χ2n) is 4.94. The molecule has 1 aromatic rings. The third-order valence-corrected chi connectivity index (χ3v) is 4.69. The van der Waals surface area contributed by atoms with Crippen LogP contribution in [0, 0.1) is 0 Å². The predicted molar refractivity (Wildman–Crippen MR) is 90.8 cm³/mol. The Labute approximate surface area is 146 Å². The van der Waals surface area contributed by atoms with Crippen LogP contribution in [0.2, 0.25) is 0 Å². The third-order valence-electron chi connectivity index (χ3n) is 3.19. The Kier molecular flexibility index (Phi) is 9.23. The first-order chi connectivity index (χ1) is 10.5. The van der Waals surface area contributed by atoms with Gasteiger partial charge in [0, 0.05) is 10.7 Å². The molecule has 0 spiro atoms. The van der Waals surface area contributed by atoms with Gasteiger partial charge < -0.3 is 14.9 Å². The minimum Gasteiger partial charge on any atom is -0.462 e. The fourth-order valence-corrected chi connectivity index (χ4v) is 2.64. The van der Waals surface area contributed by atoms with Crippen LogP contribution in [0.5, 0.6) is 0 Å². The first-order valence-corrected chi connectivity index (χ1v) is 9.49. The number of H-pyrrole nitrogens is 1. The number of nitrogens with one attached hydrogen (secondary N) is 1. The SMILES string of the molecule is CCOC(=O)c1c(CC[C@H](O)CBr)n[nH]c1CC[C@H](O)CBr. The van der Waals surface area contributed by atoms with E-state index in [1.54, 1.807) is 6.92 Å². The fourth-order valence-electron chi connectivity index (χ4n) is 2.00. The fraction of sp³-hybridized carbons (Fsp3) is 0.714. The van der Waals surface area contributed by atoms with Crippen molar-refractivity contribution in [3.05, 3.63) is 17.0 Å². The number of halogens is 2. The van der Waals surface area contributed by atoms with Gasteiger partial charge in [0.25, 0.3) is 0 Å². The zero-order valence-electron chi connectivity index (χ0n) is 12.5. The molecule has 1 heterocycles. The molecule has 22 heavy (non-hydrogen) atoms. The number of esters is 1. The lowest BCUT2D eigenvalue weighted by molar-refractivity contribution is 0.0523. The molecule has 0 saturated carbocycles. The summed E-state index contributed by atoms with van der Waals surface area (Å²) in [6.07, 6.45) is 1.06. The van der Waals surface area contributed by atoms with Crippen LogP contribution in [-0.4, -0.2) is 55.9 Å². The molecule has 126 valence electrons. The van der Waals surface area contributed by atoms with Crippen molar-refractivity contribution in [1.29, 1.82) is 0 Å². The van der Waals surface area contributed by atoms with Crippen LogP contribution in [0.15, 0.2) is 0 Å². The molecule has 1 aromatic heterocycles. The molecule has 0 unspecified atom stereocenters. The van der Waals surface area contributed by atoms with Gasteiger partial charge in [-0.2, -0.15) is 5.10 Å². The molecule has 0 aliphatic heterocycles. The van der Waals surface area contributed by atoms with Gasteiger partial charge in [0.2, 0.25) is 0 Å². The molecule has 2 atom stereocenters. The minimum atomic E-state index is -0.481. The normalized spacial score (nSPS) is 13.9. The second-order valence-corrected chi connectivity index (χ2v) is 6.23. The lowest BCUT2D eigenvalue weighted by atomic mass is 10.0. The minimum absolute atomic E-state index is 0.289. The lowest BCUT2D eigenvalue weighted by Crippen LogP contribution is -2.14. The van der Waals surface area contributed by atoms with Crippen LogP contribution < -0.4 is 0 Å². The maximum atomic E-state index is 12.2. The van der Waals surface area contributed by atoms with Gasteiger partial charge in [-0.3, -0.25) is 5.10 Å². The van der Waals surface area contributed by atoms with Crippen molar-refractivity contribution in [1.82, 2.24) is 10.2 Å². The number of aromatic amines is 1. The van der Waals surface area contributed by atoms with Crippen molar-refractivity contribution in [2.45, 2.75) is 44.8 Å². The van der Waals surface area contributed by atoms with E-state index in [2.05, 4.69) is 42.1 Å². The number of carbonyl (C=O) groups is 1. The van der Waals surface area contributed by atoms with Gasteiger partial charge in [-0.1, -0.05) is 31.9 Å². The number of carbonyl (C=O) groups excluding carboxylic acids is 1. The van der Waals surface area contributed by atoms with Crippen LogP contribution in [0.4, 0.5) is 0 Å². The Morgan fingerprint density at radius 2 is 1.82 bits per heavy atom. The van der Waals surface area contributed by atoms with Crippen molar-refractivity contribution >= 4 is 37.8 Å². The number of hydrogen-bond donors (Lipinski definition) is 3. The summed E-state index contributed by atoms with van der Waals surface area (Å²) in [6.45, 7) is 2.04. The van der Waals surface area contributed by atoms with Crippen LogP contribution in [-0.2, 0) is 17.6 Å². The van der Waals surface area contributed by atoms with E-state index in [1.165, 1.54) is 0 Å². The van der Waals surface area contributed by atoms with Crippen molar-refractivity contribution < 1.29 is 19.7 Å². The van der Waals surface area contributed by atoms with E-state index in [9.17, 15) is 15.0 Å². The summed E-state index contributed by atoms with van der Waals surface area (Å²) in [4.78, 5) is 12.2. The van der Waals surface area contributed by atoms with Gasteiger partial charge in [-0.25, -0.2) is 4.79 Å². The van der Waals surface area contributed by atoms with E-state index in [0.29, 0.717) is 53.3 Å². The highest BCUT2D eigenvalue weighted by Gasteiger charge is 2.22. The Morgan fingerprint density at radius 1 is 1.23 bits per heavy atom. The predicted octanol–water partition coefficient (Wildman–Crippen LogP) is 1.96. The van der Waals surface area contributed by atoms with Crippen LogP contribution >= 0.6 is 31.9 Å². The average molecular weight is 442 g/mol. The summed E-state index contributed by atoms with van der Waals surface area (Å²) < 4.78 is 5.09. The standard InChI is InChI=1S/C14H22Br2N2O4/c1-2-22-14(21)13-11(5-3-9(19)7-15)17-18-12(13)6-4-10(20)8-16/h9-10,19-20H,2-8H2,1H3,(H,17,18)/t9-,10-/m0/s1. The Bertz CT molecular complexity index is 436. The van der Waals surface area contributed by atoms with E-state index in [1.807, 2.05) is 0 Å². The number of ether oxygens (including phenoxy) is 1. The van der Waals surface area contributed by atoms with E-state index in [0.717, 1.165) is 0 Å². The molecule has 0 aliphatic rings. The summed E-state index contributed by atoms with van der Waals surface area (Å²) >= 11 is 6.43. The smallest absolute Gasteiger partial charge is 0.341 e. The number of aromatic nitrogens is 2. The number of rotatable bonds is 10. The van der Waals surface area contributed by atoms with E-state index >= 15 is 0 Å². The first-order valence-electron chi connectivity index (χ1n) is 7.24.